The summed E-state index contributed by atoms with van der Waals surface area (Å²) in [6.45, 7) is 2.92. The molecule has 0 bridgehead atoms. The lowest BCUT2D eigenvalue weighted by molar-refractivity contribution is 0.0781. The average molecular weight is 355 g/mol. The van der Waals surface area contributed by atoms with E-state index in [4.69, 9.17) is 4.74 Å². The van der Waals surface area contributed by atoms with Gasteiger partial charge in [-0.05, 0) is 41.1 Å². The predicted molar refractivity (Wildman–Crippen MR) is 83.2 cm³/mol. The zero-order valence-electron chi connectivity index (χ0n) is 11.3. The maximum Gasteiger partial charge on any atom is 0.259 e. The Balaban J connectivity index is 2.14. The predicted octanol–water partition coefficient (Wildman–Crippen LogP) is 3.58. The molecule has 0 unspecified atom stereocenters. The molecule has 6 heteroatoms. The maximum atomic E-state index is 12.5. The Morgan fingerprint density at radius 3 is 3.00 bits per heavy atom. The number of rotatable bonds is 5. The molecule has 1 amide bonds. The lowest BCUT2D eigenvalue weighted by Gasteiger charge is -2.17. The summed E-state index contributed by atoms with van der Waals surface area (Å²) >= 11 is 5.03. The van der Waals surface area contributed by atoms with Gasteiger partial charge in [-0.1, -0.05) is 0 Å². The molecule has 20 heavy (non-hydrogen) atoms. The van der Waals surface area contributed by atoms with Crippen molar-refractivity contribution in [2.75, 3.05) is 13.7 Å². The second kappa shape index (κ2) is 6.85. The van der Waals surface area contributed by atoms with Crippen molar-refractivity contribution in [3.05, 3.63) is 44.7 Å². The molecule has 0 aliphatic carbocycles. The number of amides is 1. The third-order valence-corrected chi connectivity index (χ3v) is 4.33. The Morgan fingerprint density at radius 1 is 1.55 bits per heavy atom. The van der Waals surface area contributed by atoms with E-state index in [1.54, 1.807) is 41.6 Å². The van der Waals surface area contributed by atoms with Gasteiger partial charge < -0.3 is 9.64 Å². The fraction of sp³-hybridized carbons (Fsp3) is 0.286. The minimum absolute atomic E-state index is 0.0916. The van der Waals surface area contributed by atoms with Gasteiger partial charge in [0.1, 0.15) is 5.56 Å². The highest BCUT2D eigenvalue weighted by Gasteiger charge is 2.18. The van der Waals surface area contributed by atoms with E-state index in [-0.39, 0.29) is 5.91 Å². The van der Waals surface area contributed by atoms with Crippen LogP contribution in [0.5, 0.6) is 5.88 Å². The molecule has 0 radical (unpaired) electrons. The number of carbonyl (C=O) groups excluding carboxylic acids is 1. The molecule has 0 saturated heterocycles. The van der Waals surface area contributed by atoms with E-state index in [1.165, 1.54) is 0 Å². The van der Waals surface area contributed by atoms with Crippen LogP contribution in [0.1, 0.15) is 22.2 Å². The number of ether oxygens (including phenoxy) is 1. The van der Waals surface area contributed by atoms with E-state index in [2.05, 4.69) is 20.9 Å². The minimum atomic E-state index is -0.0916. The smallest absolute Gasteiger partial charge is 0.259 e. The molecule has 0 fully saturated rings. The van der Waals surface area contributed by atoms with Crippen molar-refractivity contribution in [3.63, 3.8) is 0 Å². The molecule has 0 N–H and O–H groups in total. The molecular formula is C14H15BrN2O2S. The highest BCUT2D eigenvalue weighted by atomic mass is 79.9. The van der Waals surface area contributed by atoms with Crippen LogP contribution >= 0.6 is 27.3 Å². The standard InChI is InChI=1S/C14H15BrN2O2S/c1-3-19-13-12(5-4-6-16-13)14(18)17(2)8-11-7-10(15)9-20-11/h4-7,9H,3,8H2,1-2H3. The van der Waals surface area contributed by atoms with Crippen molar-refractivity contribution in [1.29, 1.82) is 0 Å². The summed E-state index contributed by atoms with van der Waals surface area (Å²) in [6.07, 6.45) is 1.62. The van der Waals surface area contributed by atoms with Crippen LogP contribution in [0.4, 0.5) is 0 Å². The molecule has 0 aromatic carbocycles. The molecule has 0 spiro atoms. The van der Waals surface area contributed by atoms with Gasteiger partial charge in [0.25, 0.3) is 5.91 Å². The van der Waals surface area contributed by atoms with Crippen LogP contribution in [0.3, 0.4) is 0 Å². The first-order valence-corrected chi connectivity index (χ1v) is 7.85. The van der Waals surface area contributed by atoms with Crippen LogP contribution in [0.15, 0.2) is 34.2 Å². The van der Waals surface area contributed by atoms with Crippen LogP contribution < -0.4 is 4.74 Å². The second-order valence-corrected chi connectivity index (χ2v) is 6.09. The summed E-state index contributed by atoms with van der Waals surface area (Å²) in [6, 6.07) is 5.49. The van der Waals surface area contributed by atoms with Crippen molar-refractivity contribution in [3.8, 4) is 5.88 Å². The molecule has 106 valence electrons. The molecule has 2 aromatic rings. The van der Waals surface area contributed by atoms with E-state index in [0.717, 1.165) is 9.35 Å². The number of pyridine rings is 1. The fourth-order valence-electron chi connectivity index (χ4n) is 1.75. The average Bonchev–Trinajstić information content (AvgIpc) is 2.84. The molecule has 0 aliphatic heterocycles. The summed E-state index contributed by atoms with van der Waals surface area (Å²) in [5, 5.41) is 2.00. The first kappa shape index (κ1) is 15.0. The Labute approximate surface area is 130 Å². The Kier molecular flexibility index (Phi) is 5.14. The van der Waals surface area contributed by atoms with Gasteiger partial charge in [0.2, 0.25) is 5.88 Å². The normalized spacial score (nSPS) is 10.3. The molecule has 2 aromatic heterocycles. The number of carbonyl (C=O) groups is 1. The number of halogens is 1. The molecule has 2 heterocycles. The zero-order valence-corrected chi connectivity index (χ0v) is 13.7. The number of hydrogen-bond donors (Lipinski definition) is 0. The second-order valence-electron chi connectivity index (χ2n) is 4.18. The fourth-order valence-corrected chi connectivity index (χ4v) is 3.26. The molecule has 2 rings (SSSR count). The van der Waals surface area contributed by atoms with Crippen LogP contribution in [0.25, 0.3) is 0 Å². The Hall–Kier alpha value is -1.40. The van der Waals surface area contributed by atoms with Gasteiger partial charge in [0.15, 0.2) is 0 Å². The molecular weight excluding hydrogens is 340 g/mol. The maximum absolute atomic E-state index is 12.5. The van der Waals surface area contributed by atoms with Gasteiger partial charge in [0.05, 0.1) is 13.2 Å². The zero-order chi connectivity index (χ0) is 14.5. The lowest BCUT2D eigenvalue weighted by atomic mass is 10.2. The van der Waals surface area contributed by atoms with E-state index >= 15 is 0 Å². The van der Waals surface area contributed by atoms with Crippen molar-refractivity contribution >= 4 is 33.2 Å². The molecule has 0 atom stereocenters. The Morgan fingerprint density at radius 2 is 2.35 bits per heavy atom. The topological polar surface area (TPSA) is 42.4 Å². The number of nitrogens with zero attached hydrogens (tertiary/aromatic N) is 2. The molecule has 4 nitrogen and oxygen atoms in total. The van der Waals surface area contributed by atoms with Crippen LogP contribution in [-0.4, -0.2) is 29.4 Å². The largest absolute Gasteiger partial charge is 0.477 e. The summed E-state index contributed by atoms with van der Waals surface area (Å²) in [5.41, 5.74) is 0.493. The van der Waals surface area contributed by atoms with Crippen molar-refractivity contribution in [2.45, 2.75) is 13.5 Å². The van der Waals surface area contributed by atoms with Gasteiger partial charge in [-0.2, -0.15) is 0 Å². The Bertz CT molecular complexity index is 600. The van der Waals surface area contributed by atoms with E-state index in [0.29, 0.717) is 24.6 Å². The van der Waals surface area contributed by atoms with Crippen LogP contribution in [0.2, 0.25) is 0 Å². The highest BCUT2D eigenvalue weighted by molar-refractivity contribution is 9.10. The third kappa shape index (κ3) is 3.58. The van der Waals surface area contributed by atoms with E-state index in [1.807, 2.05) is 18.4 Å². The van der Waals surface area contributed by atoms with Gasteiger partial charge in [-0.3, -0.25) is 4.79 Å². The summed E-state index contributed by atoms with van der Waals surface area (Å²) in [4.78, 5) is 19.3. The SMILES string of the molecule is CCOc1ncccc1C(=O)N(C)Cc1cc(Br)cs1. The highest BCUT2D eigenvalue weighted by Crippen LogP contribution is 2.22. The van der Waals surface area contributed by atoms with Gasteiger partial charge in [-0.25, -0.2) is 4.98 Å². The van der Waals surface area contributed by atoms with Crippen LogP contribution in [0, 0.1) is 0 Å². The van der Waals surface area contributed by atoms with Gasteiger partial charge in [0, 0.05) is 28.0 Å². The monoisotopic (exact) mass is 354 g/mol. The molecule has 0 aliphatic rings. The lowest BCUT2D eigenvalue weighted by Crippen LogP contribution is -2.26. The summed E-state index contributed by atoms with van der Waals surface area (Å²) < 4.78 is 6.44. The first-order chi connectivity index (χ1) is 9.61. The van der Waals surface area contributed by atoms with Crippen molar-refractivity contribution in [1.82, 2.24) is 9.88 Å². The third-order valence-electron chi connectivity index (χ3n) is 2.64. The van der Waals surface area contributed by atoms with Gasteiger partial charge >= 0.3 is 0 Å². The van der Waals surface area contributed by atoms with Crippen molar-refractivity contribution in [2.24, 2.45) is 0 Å². The number of aromatic nitrogens is 1. The number of hydrogen-bond acceptors (Lipinski definition) is 4. The van der Waals surface area contributed by atoms with Crippen LogP contribution in [-0.2, 0) is 6.54 Å². The quantitative estimate of drug-likeness (QED) is 0.823. The van der Waals surface area contributed by atoms with Gasteiger partial charge in [-0.15, -0.1) is 11.3 Å². The summed E-state index contributed by atoms with van der Waals surface area (Å²) in [5.74, 6) is 0.297. The van der Waals surface area contributed by atoms with Crippen molar-refractivity contribution < 1.29 is 9.53 Å². The molecule has 0 saturated carbocycles. The van der Waals surface area contributed by atoms with E-state index < -0.39 is 0 Å². The number of thiophene rings is 1. The first-order valence-electron chi connectivity index (χ1n) is 6.18. The van der Waals surface area contributed by atoms with E-state index in [9.17, 15) is 4.79 Å². The minimum Gasteiger partial charge on any atom is -0.477 e. The summed E-state index contributed by atoms with van der Waals surface area (Å²) in [7, 11) is 1.78.